The summed E-state index contributed by atoms with van der Waals surface area (Å²) in [6.45, 7) is 4.94. The fourth-order valence-electron chi connectivity index (χ4n) is 4.79. The van der Waals surface area contributed by atoms with Gasteiger partial charge in [-0.2, -0.15) is 0 Å². The van der Waals surface area contributed by atoms with Gasteiger partial charge >= 0.3 is 0 Å². The number of carbonyl (C=O) groups is 2. The number of anilines is 1. The summed E-state index contributed by atoms with van der Waals surface area (Å²) in [5.74, 6) is -0.951. The van der Waals surface area contributed by atoms with E-state index < -0.39 is 28.5 Å². The van der Waals surface area contributed by atoms with Crippen molar-refractivity contribution in [3.8, 4) is 0 Å². The van der Waals surface area contributed by atoms with Crippen LogP contribution in [0.1, 0.15) is 30.5 Å². The maximum atomic E-state index is 14.5. The minimum atomic E-state index is -4.31. The second-order valence-corrected chi connectivity index (χ2v) is 14.6. The van der Waals surface area contributed by atoms with E-state index in [0.29, 0.717) is 0 Å². The van der Waals surface area contributed by atoms with Gasteiger partial charge in [-0.25, -0.2) is 8.42 Å². The van der Waals surface area contributed by atoms with E-state index in [9.17, 15) is 18.0 Å². The van der Waals surface area contributed by atoms with Crippen LogP contribution < -0.4 is 9.62 Å². The monoisotopic (exact) mass is 729 g/mol. The van der Waals surface area contributed by atoms with Crippen LogP contribution in [0.5, 0.6) is 0 Å². The quantitative estimate of drug-likeness (QED) is 0.164. The molecule has 0 radical (unpaired) electrons. The van der Waals surface area contributed by atoms with E-state index in [0.717, 1.165) is 25.5 Å². The van der Waals surface area contributed by atoms with Crippen molar-refractivity contribution in [3.63, 3.8) is 0 Å². The zero-order valence-electron chi connectivity index (χ0n) is 25.1. The minimum absolute atomic E-state index is 0.0196. The smallest absolute Gasteiger partial charge is 0.264 e. The number of nitrogens with one attached hydrogen (secondary N) is 1. The van der Waals surface area contributed by atoms with Crippen molar-refractivity contribution in [2.24, 2.45) is 0 Å². The molecule has 0 aliphatic rings. The first-order valence-corrected chi connectivity index (χ1v) is 17.3. The van der Waals surface area contributed by atoms with Crippen LogP contribution in [0.3, 0.4) is 0 Å². The topological polar surface area (TPSA) is 86.8 Å². The van der Waals surface area contributed by atoms with Crippen LogP contribution in [0.25, 0.3) is 0 Å². The molecule has 0 heterocycles. The van der Waals surface area contributed by atoms with Gasteiger partial charge in [0.1, 0.15) is 12.6 Å². The Bertz CT molecular complexity index is 1750. The Labute approximate surface area is 283 Å². The summed E-state index contributed by atoms with van der Waals surface area (Å²) in [7, 11) is -4.31. The molecule has 0 spiro atoms. The second kappa shape index (κ2) is 15.3. The van der Waals surface area contributed by atoms with Crippen molar-refractivity contribution in [3.05, 3.63) is 128 Å². The van der Waals surface area contributed by atoms with E-state index in [4.69, 9.17) is 23.2 Å². The molecule has 0 aromatic heterocycles. The maximum absolute atomic E-state index is 14.5. The minimum Gasteiger partial charge on any atom is -0.352 e. The summed E-state index contributed by atoms with van der Waals surface area (Å²) in [4.78, 5) is 29.7. The standard InChI is InChI=1S/C34H34BrCl2N3O4S/c1-23(2)38-34(42)32(19-25-8-5-4-6-9-25)39(21-26-10-7-11-27(35)18-26)33(41)22-40(31-20-28(36)14-17-30(31)37)45(43,44)29-15-12-24(3)13-16-29/h4-18,20,23,32H,19,21-22H2,1-3H3,(H,38,42)/t32-/m1/s1. The van der Waals surface area contributed by atoms with Crippen LogP contribution in [-0.2, 0) is 32.6 Å². The molecule has 1 atom stereocenters. The summed E-state index contributed by atoms with van der Waals surface area (Å²) >= 11 is 16.3. The number of benzene rings is 4. The van der Waals surface area contributed by atoms with E-state index >= 15 is 0 Å². The second-order valence-electron chi connectivity index (χ2n) is 10.9. The third-order valence-corrected chi connectivity index (χ3v) is 9.83. The summed E-state index contributed by atoms with van der Waals surface area (Å²) in [5.41, 5.74) is 2.52. The Morgan fingerprint density at radius 2 is 1.53 bits per heavy atom. The van der Waals surface area contributed by atoms with Gasteiger partial charge in [0.15, 0.2) is 0 Å². The highest BCUT2D eigenvalue weighted by Gasteiger charge is 2.35. The lowest BCUT2D eigenvalue weighted by atomic mass is 10.0. The summed E-state index contributed by atoms with van der Waals surface area (Å²) < 4.78 is 30.1. The SMILES string of the molecule is Cc1ccc(S(=O)(=O)N(CC(=O)N(Cc2cccc(Br)c2)[C@H](Cc2ccccc2)C(=O)NC(C)C)c2cc(Cl)ccc2Cl)cc1. The van der Waals surface area contributed by atoms with Gasteiger partial charge in [0.2, 0.25) is 11.8 Å². The van der Waals surface area contributed by atoms with Gasteiger partial charge in [-0.1, -0.05) is 99.3 Å². The number of hydrogen-bond donors (Lipinski definition) is 1. The van der Waals surface area contributed by atoms with E-state index in [1.54, 1.807) is 12.1 Å². The molecule has 1 N–H and O–H groups in total. The number of aryl methyl sites for hydroxylation is 1. The number of amides is 2. The fourth-order valence-corrected chi connectivity index (χ4v) is 7.10. The van der Waals surface area contributed by atoms with E-state index in [1.807, 2.05) is 75.4 Å². The van der Waals surface area contributed by atoms with Crippen LogP contribution in [0.4, 0.5) is 5.69 Å². The zero-order chi connectivity index (χ0) is 32.7. The summed E-state index contributed by atoms with van der Waals surface area (Å²) in [6, 6.07) is 26.4. The first kappa shape index (κ1) is 34.5. The first-order valence-electron chi connectivity index (χ1n) is 14.3. The zero-order valence-corrected chi connectivity index (χ0v) is 29.0. The van der Waals surface area contributed by atoms with Gasteiger partial charge in [-0.3, -0.25) is 13.9 Å². The van der Waals surface area contributed by atoms with E-state index in [-0.39, 0.29) is 45.5 Å². The molecule has 7 nitrogen and oxygen atoms in total. The average Bonchev–Trinajstić information content (AvgIpc) is 2.99. The van der Waals surface area contributed by atoms with E-state index in [2.05, 4.69) is 21.2 Å². The van der Waals surface area contributed by atoms with Crippen molar-refractivity contribution in [1.29, 1.82) is 0 Å². The molecule has 4 rings (SSSR count). The highest BCUT2D eigenvalue weighted by Crippen LogP contribution is 2.33. The molecule has 4 aromatic rings. The molecular weight excluding hydrogens is 697 g/mol. The third kappa shape index (κ3) is 9.10. The van der Waals surface area contributed by atoms with Gasteiger partial charge in [-0.15, -0.1) is 0 Å². The summed E-state index contributed by atoms with van der Waals surface area (Å²) in [5, 5.41) is 3.29. The highest BCUT2D eigenvalue weighted by atomic mass is 79.9. The predicted octanol–water partition coefficient (Wildman–Crippen LogP) is 7.42. The number of sulfonamides is 1. The molecule has 45 heavy (non-hydrogen) atoms. The summed E-state index contributed by atoms with van der Waals surface area (Å²) in [6.07, 6.45) is 0.210. The lowest BCUT2D eigenvalue weighted by Crippen LogP contribution is -2.54. The Balaban J connectivity index is 1.84. The molecule has 11 heteroatoms. The van der Waals surface area contributed by atoms with E-state index in [1.165, 1.54) is 35.2 Å². The number of carbonyl (C=O) groups excluding carboxylic acids is 2. The molecule has 0 saturated heterocycles. The number of hydrogen-bond acceptors (Lipinski definition) is 4. The van der Waals surface area contributed by atoms with Gasteiger partial charge in [0.25, 0.3) is 10.0 Å². The molecule has 236 valence electrons. The Morgan fingerprint density at radius 3 is 2.18 bits per heavy atom. The molecule has 4 aromatic carbocycles. The van der Waals surface area contributed by atoms with Gasteiger partial charge < -0.3 is 10.2 Å². The Hall–Kier alpha value is -3.37. The van der Waals surface area contributed by atoms with Crippen LogP contribution in [0, 0.1) is 6.92 Å². The molecular formula is C34H34BrCl2N3O4S. The average molecular weight is 732 g/mol. The van der Waals surface area contributed by atoms with Crippen LogP contribution in [0.15, 0.2) is 106 Å². The molecule has 0 unspecified atom stereocenters. The lowest BCUT2D eigenvalue weighted by Gasteiger charge is -2.34. The maximum Gasteiger partial charge on any atom is 0.264 e. The Kier molecular flexibility index (Phi) is 11.7. The Morgan fingerprint density at radius 1 is 0.867 bits per heavy atom. The van der Waals surface area contributed by atoms with Crippen molar-refractivity contribution in [1.82, 2.24) is 10.2 Å². The predicted molar refractivity (Wildman–Crippen MR) is 184 cm³/mol. The highest BCUT2D eigenvalue weighted by molar-refractivity contribution is 9.10. The van der Waals surface area contributed by atoms with Crippen LogP contribution >= 0.6 is 39.1 Å². The molecule has 0 aliphatic carbocycles. The normalized spacial score (nSPS) is 12.1. The van der Waals surface area contributed by atoms with Crippen molar-refractivity contribution < 1.29 is 18.0 Å². The molecule has 2 amide bonds. The molecule has 0 saturated carbocycles. The van der Waals surface area contributed by atoms with Gasteiger partial charge in [0, 0.05) is 28.5 Å². The fraction of sp³-hybridized carbons (Fsp3) is 0.235. The van der Waals surface area contributed by atoms with Crippen molar-refractivity contribution in [2.45, 2.75) is 50.7 Å². The van der Waals surface area contributed by atoms with Crippen molar-refractivity contribution in [2.75, 3.05) is 10.8 Å². The third-order valence-electron chi connectivity index (χ3n) is 7.01. The number of nitrogens with zero attached hydrogens (tertiary/aromatic N) is 2. The van der Waals surface area contributed by atoms with Gasteiger partial charge in [0.05, 0.1) is 15.6 Å². The van der Waals surface area contributed by atoms with Crippen LogP contribution in [0.2, 0.25) is 10.0 Å². The first-order chi connectivity index (χ1) is 21.3. The molecule has 0 bridgehead atoms. The largest absolute Gasteiger partial charge is 0.352 e. The van der Waals surface area contributed by atoms with Gasteiger partial charge in [-0.05, 0) is 74.4 Å². The number of rotatable bonds is 12. The van der Waals surface area contributed by atoms with Crippen LogP contribution in [-0.4, -0.2) is 43.8 Å². The lowest BCUT2D eigenvalue weighted by molar-refractivity contribution is -0.140. The molecule has 0 fully saturated rings. The van der Waals surface area contributed by atoms with Crippen molar-refractivity contribution >= 4 is 66.7 Å². The molecule has 0 aliphatic heterocycles. The number of halogens is 3.